The first kappa shape index (κ1) is 21.1. The Labute approximate surface area is 197 Å². The smallest absolute Gasteiger partial charge is 0.327 e. The molecule has 8 nitrogen and oxygen atoms in total. The quantitative estimate of drug-likeness (QED) is 0.638. The molecular weight excluding hydrogens is 462 g/mol. The van der Waals surface area contributed by atoms with Gasteiger partial charge in [0.25, 0.3) is 0 Å². The number of fused-ring (bicyclic) bond motifs is 9. The minimum atomic E-state index is -1.14. The predicted octanol–water partition coefficient (Wildman–Crippen LogP) is 2.41. The molecule has 10 heteroatoms. The lowest BCUT2D eigenvalue weighted by Crippen LogP contribution is -2.49. The summed E-state index contributed by atoms with van der Waals surface area (Å²) in [4.78, 5) is 60.5. The number of carbonyl (C=O) groups is 3. The van der Waals surface area contributed by atoms with Crippen molar-refractivity contribution in [3.8, 4) is 0 Å². The summed E-state index contributed by atoms with van der Waals surface area (Å²) in [5.41, 5.74) is 1.01. The number of nitrogens with zero attached hydrogens (tertiary/aromatic N) is 2. The number of imide groups is 1. The SMILES string of the molecule is CC(C)[C@H](C(=O)O)N1C(=O)[C@@H]2[C@@H]3C[C@@H]([C@H]4Sc5[nH]c(=O)sc5[C@H](c5cccnc5)[C@@H]34)[C@@H]2C1=O. The molecule has 2 aliphatic carbocycles. The summed E-state index contributed by atoms with van der Waals surface area (Å²) >= 11 is 2.83. The number of thioether (sulfide) groups is 1. The maximum atomic E-state index is 13.6. The van der Waals surface area contributed by atoms with Crippen molar-refractivity contribution in [3.63, 3.8) is 0 Å². The van der Waals surface area contributed by atoms with E-state index in [9.17, 15) is 24.3 Å². The van der Waals surface area contributed by atoms with Crippen LogP contribution in [-0.2, 0) is 14.4 Å². The minimum absolute atomic E-state index is 0.0196. The van der Waals surface area contributed by atoms with Crippen LogP contribution in [0, 0.1) is 35.5 Å². The summed E-state index contributed by atoms with van der Waals surface area (Å²) in [6.07, 6.45) is 4.31. The van der Waals surface area contributed by atoms with E-state index in [0.717, 1.165) is 26.8 Å². The minimum Gasteiger partial charge on any atom is -0.480 e. The Kier molecular flexibility index (Phi) is 4.65. The number of hydrogen-bond acceptors (Lipinski definition) is 7. The maximum Gasteiger partial charge on any atom is 0.327 e. The van der Waals surface area contributed by atoms with Crippen molar-refractivity contribution in [2.75, 3.05) is 0 Å². The topological polar surface area (TPSA) is 120 Å². The van der Waals surface area contributed by atoms with Crippen molar-refractivity contribution >= 4 is 40.9 Å². The summed E-state index contributed by atoms with van der Waals surface area (Å²) in [5.74, 6) is -3.17. The molecule has 2 aliphatic heterocycles. The summed E-state index contributed by atoms with van der Waals surface area (Å²) in [5, 5.41) is 10.7. The fourth-order valence-corrected chi connectivity index (χ4v) is 9.83. The molecule has 0 unspecified atom stereocenters. The lowest BCUT2D eigenvalue weighted by atomic mass is 9.68. The predicted molar refractivity (Wildman–Crippen MR) is 121 cm³/mol. The number of aromatic nitrogens is 2. The van der Waals surface area contributed by atoms with E-state index < -0.39 is 23.8 Å². The molecular formula is C23H23N3O5S2. The second-order valence-electron chi connectivity index (χ2n) is 9.82. The normalized spacial score (nSPS) is 35.0. The van der Waals surface area contributed by atoms with Crippen LogP contribution in [0.5, 0.6) is 0 Å². The highest BCUT2D eigenvalue weighted by Gasteiger charge is 2.70. The Morgan fingerprint density at radius 1 is 1.21 bits per heavy atom. The van der Waals surface area contributed by atoms with Gasteiger partial charge in [0, 0.05) is 28.4 Å². The fourth-order valence-electron chi connectivity index (χ4n) is 6.94. The molecule has 0 radical (unpaired) electrons. The summed E-state index contributed by atoms with van der Waals surface area (Å²) in [6, 6.07) is 2.75. The highest BCUT2D eigenvalue weighted by molar-refractivity contribution is 8.00. The number of carbonyl (C=O) groups excluding carboxylic acids is 2. The van der Waals surface area contributed by atoms with Gasteiger partial charge in [0.1, 0.15) is 6.04 Å². The highest BCUT2D eigenvalue weighted by atomic mass is 32.2. The van der Waals surface area contributed by atoms with Crippen LogP contribution in [0.4, 0.5) is 0 Å². The van der Waals surface area contributed by atoms with Crippen LogP contribution in [0.1, 0.15) is 36.6 Å². The number of thiazole rings is 1. The molecule has 0 aromatic carbocycles. The van der Waals surface area contributed by atoms with E-state index in [1.54, 1.807) is 31.8 Å². The molecule has 3 fully saturated rings. The van der Waals surface area contributed by atoms with Crippen molar-refractivity contribution in [1.29, 1.82) is 0 Å². The first-order valence-corrected chi connectivity index (χ1v) is 12.9. The molecule has 2 aromatic heterocycles. The molecule has 6 rings (SSSR count). The Balaban J connectivity index is 1.44. The van der Waals surface area contributed by atoms with Gasteiger partial charge in [0.15, 0.2) is 0 Å². The summed E-state index contributed by atoms with van der Waals surface area (Å²) in [7, 11) is 0. The van der Waals surface area contributed by atoms with Crippen LogP contribution >= 0.6 is 23.1 Å². The van der Waals surface area contributed by atoms with E-state index in [4.69, 9.17) is 0 Å². The molecule has 172 valence electrons. The number of H-pyrrole nitrogens is 1. The van der Waals surface area contributed by atoms with Gasteiger partial charge in [-0.1, -0.05) is 31.3 Å². The Bertz CT molecular complexity index is 1220. The number of aromatic amines is 1. The number of aliphatic carboxylic acids is 1. The van der Waals surface area contributed by atoms with E-state index in [2.05, 4.69) is 9.97 Å². The van der Waals surface area contributed by atoms with Crippen LogP contribution in [0.25, 0.3) is 0 Å². The van der Waals surface area contributed by atoms with Gasteiger partial charge in [0.05, 0.1) is 16.9 Å². The number of likely N-dealkylation sites (tertiary alicyclic amines) is 1. The fraction of sp³-hybridized carbons (Fsp3) is 0.522. The molecule has 2 saturated carbocycles. The van der Waals surface area contributed by atoms with Crippen LogP contribution < -0.4 is 4.87 Å². The van der Waals surface area contributed by atoms with E-state index in [1.165, 1.54) is 11.3 Å². The van der Waals surface area contributed by atoms with E-state index >= 15 is 0 Å². The lowest BCUT2D eigenvalue weighted by molar-refractivity contribution is -0.157. The summed E-state index contributed by atoms with van der Waals surface area (Å²) in [6.45, 7) is 3.45. The van der Waals surface area contributed by atoms with Gasteiger partial charge in [-0.3, -0.25) is 24.3 Å². The van der Waals surface area contributed by atoms with Crippen molar-refractivity contribution in [1.82, 2.24) is 14.9 Å². The molecule has 1 saturated heterocycles. The molecule has 4 aliphatic rings. The third kappa shape index (κ3) is 2.79. The highest BCUT2D eigenvalue weighted by Crippen LogP contribution is 2.68. The van der Waals surface area contributed by atoms with Gasteiger partial charge in [-0.05, 0) is 41.7 Å². The van der Waals surface area contributed by atoms with E-state index in [0.29, 0.717) is 0 Å². The summed E-state index contributed by atoms with van der Waals surface area (Å²) < 4.78 is 0. The number of carboxylic acids is 1. The van der Waals surface area contributed by atoms with Gasteiger partial charge >= 0.3 is 10.8 Å². The van der Waals surface area contributed by atoms with Gasteiger partial charge in [0.2, 0.25) is 11.8 Å². The van der Waals surface area contributed by atoms with E-state index in [1.807, 2.05) is 18.3 Å². The molecule has 2 aromatic rings. The van der Waals surface area contributed by atoms with Crippen molar-refractivity contribution in [2.24, 2.45) is 35.5 Å². The Morgan fingerprint density at radius 2 is 1.94 bits per heavy atom. The second-order valence-corrected chi connectivity index (χ2v) is 12.0. The zero-order valence-corrected chi connectivity index (χ0v) is 19.6. The van der Waals surface area contributed by atoms with Gasteiger partial charge < -0.3 is 10.1 Å². The number of hydrogen-bond donors (Lipinski definition) is 2. The second kappa shape index (κ2) is 7.27. The Hall–Kier alpha value is -2.46. The lowest BCUT2D eigenvalue weighted by Gasteiger charge is -2.42. The number of amides is 2. The van der Waals surface area contributed by atoms with Crippen LogP contribution in [0.15, 0.2) is 34.3 Å². The van der Waals surface area contributed by atoms with Crippen molar-refractivity contribution in [3.05, 3.63) is 44.6 Å². The van der Waals surface area contributed by atoms with Gasteiger partial charge in [-0.25, -0.2) is 4.79 Å². The van der Waals surface area contributed by atoms with E-state index in [-0.39, 0.29) is 51.5 Å². The molecule has 2 bridgehead atoms. The van der Waals surface area contributed by atoms with Crippen LogP contribution in [0.2, 0.25) is 0 Å². The molecule has 2 N–H and O–H groups in total. The number of pyridine rings is 1. The van der Waals surface area contributed by atoms with Gasteiger partial charge in [-0.2, -0.15) is 0 Å². The van der Waals surface area contributed by atoms with Gasteiger partial charge in [-0.15, -0.1) is 11.8 Å². The number of rotatable bonds is 4. The number of nitrogens with one attached hydrogen (secondary N) is 1. The average molecular weight is 486 g/mol. The van der Waals surface area contributed by atoms with Crippen LogP contribution in [-0.4, -0.2) is 49.0 Å². The largest absolute Gasteiger partial charge is 0.480 e. The molecule has 0 spiro atoms. The molecule has 2 amide bonds. The molecule has 8 atom stereocenters. The van der Waals surface area contributed by atoms with Crippen LogP contribution in [0.3, 0.4) is 0 Å². The number of carboxylic acid groups (broad SMARTS) is 1. The van der Waals surface area contributed by atoms with Crippen molar-refractivity contribution in [2.45, 2.75) is 42.5 Å². The zero-order valence-electron chi connectivity index (χ0n) is 18.0. The Morgan fingerprint density at radius 3 is 2.58 bits per heavy atom. The maximum absolute atomic E-state index is 13.6. The zero-order chi connectivity index (χ0) is 23.2. The standard InChI is InChI=1S/C23H23N3O5S2/c1-8(2)16(22(29)30)26-20(27)14-10-6-11(15(14)21(26)28)17-13(10)12(9-4-3-5-24-7-9)18-19(32-17)25-23(31)33-18/h3-5,7-8,10-17H,6H2,1-2H3,(H,25,31)(H,29,30)/t10-,11-,12-,13-,14-,15+,16-,17-/m1/s1. The first-order chi connectivity index (χ1) is 15.8. The molecule has 4 heterocycles. The molecule has 33 heavy (non-hydrogen) atoms. The third-order valence-corrected chi connectivity index (χ3v) is 10.6. The monoisotopic (exact) mass is 485 g/mol. The first-order valence-electron chi connectivity index (χ1n) is 11.2. The van der Waals surface area contributed by atoms with Crippen molar-refractivity contribution < 1.29 is 19.5 Å². The average Bonchev–Trinajstić information content (AvgIpc) is 3.49. The third-order valence-electron chi connectivity index (χ3n) is 7.96.